The van der Waals surface area contributed by atoms with Gasteiger partial charge in [0.1, 0.15) is 12.4 Å². The Labute approximate surface area is 174 Å². The van der Waals surface area contributed by atoms with Crippen molar-refractivity contribution in [2.24, 2.45) is 11.8 Å². The smallest absolute Gasteiger partial charge is 0.234 e. The van der Waals surface area contributed by atoms with Gasteiger partial charge in [-0.05, 0) is 42.5 Å². The van der Waals surface area contributed by atoms with Gasteiger partial charge in [-0.2, -0.15) is 0 Å². The van der Waals surface area contributed by atoms with Gasteiger partial charge in [0.25, 0.3) is 0 Å². The van der Waals surface area contributed by atoms with Crippen LogP contribution in [0, 0.1) is 11.8 Å². The number of amides is 1. The fraction of sp³-hybridized carbons (Fsp3) is 0.682. The SMILES string of the molecule is CC1CCCC(NC(=O)CN2CCN(CCOc3ccc(Cl)cc3)CC2)C1C. The number of nitrogens with zero attached hydrogens (tertiary/aromatic N) is 2. The van der Waals surface area contributed by atoms with Crippen LogP contribution in [0.4, 0.5) is 0 Å². The second-order valence-electron chi connectivity index (χ2n) is 8.36. The van der Waals surface area contributed by atoms with E-state index in [0.29, 0.717) is 31.0 Å². The molecule has 0 spiro atoms. The topological polar surface area (TPSA) is 44.8 Å². The third-order valence-corrected chi connectivity index (χ3v) is 6.63. The maximum atomic E-state index is 12.5. The van der Waals surface area contributed by atoms with Crippen LogP contribution in [0.5, 0.6) is 5.75 Å². The van der Waals surface area contributed by atoms with Crippen molar-refractivity contribution >= 4 is 17.5 Å². The van der Waals surface area contributed by atoms with Gasteiger partial charge in [0.15, 0.2) is 0 Å². The van der Waals surface area contributed by atoms with Gasteiger partial charge < -0.3 is 10.1 Å². The molecular weight excluding hydrogens is 374 g/mol. The highest BCUT2D eigenvalue weighted by molar-refractivity contribution is 6.30. The molecule has 1 N–H and O–H groups in total. The average molecular weight is 408 g/mol. The molecule has 1 aromatic carbocycles. The van der Waals surface area contributed by atoms with Crippen LogP contribution in [-0.2, 0) is 4.79 Å². The summed E-state index contributed by atoms with van der Waals surface area (Å²) in [5.74, 6) is 2.32. The monoisotopic (exact) mass is 407 g/mol. The molecule has 1 saturated heterocycles. The molecule has 2 aliphatic rings. The van der Waals surface area contributed by atoms with Crippen molar-refractivity contribution in [1.29, 1.82) is 0 Å². The predicted molar refractivity (Wildman–Crippen MR) is 114 cm³/mol. The third-order valence-electron chi connectivity index (χ3n) is 6.38. The molecule has 6 heteroatoms. The number of halogens is 1. The summed E-state index contributed by atoms with van der Waals surface area (Å²) < 4.78 is 5.78. The third kappa shape index (κ3) is 6.36. The molecule has 0 aromatic heterocycles. The Morgan fingerprint density at radius 3 is 2.50 bits per heavy atom. The van der Waals surface area contributed by atoms with Gasteiger partial charge in [0, 0.05) is 43.8 Å². The van der Waals surface area contributed by atoms with E-state index in [1.54, 1.807) is 0 Å². The maximum Gasteiger partial charge on any atom is 0.234 e. The summed E-state index contributed by atoms with van der Waals surface area (Å²) >= 11 is 5.89. The van der Waals surface area contributed by atoms with Crippen LogP contribution >= 0.6 is 11.6 Å². The molecule has 1 heterocycles. The first-order valence-electron chi connectivity index (χ1n) is 10.6. The summed E-state index contributed by atoms with van der Waals surface area (Å²) in [5.41, 5.74) is 0. The van der Waals surface area contributed by atoms with Crippen molar-refractivity contribution in [2.45, 2.75) is 39.2 Å². The number of piperazine rings is 1. The molecule has 1 amide bonds. The zero-order chi connectivity index (χ0) is 19.9. The summed E-state index contributed by atoms with van der Waals surface area (Å²) in [6.45, 7) is 10.5. The normalized spacial score (nSPS) is 26.8. The number of hydrogen-bond acceptors (Lipinski definition) is 4. The summed E-state index contributed by atoms with van der Waals surface area (Å²) in [6, 6.07) is 7.83. The highest BCUT2D eigenvalue weighted by atomic mass is 35.5. The van der Waals surface area contributed by atoms with Gasteiger partial charge in [-0.1, -0.05) is 38.3 Å². The number of rotatable bonds is 7. The summed E-state index contributed by atoms with van der Waals surface area (Å²) in [5, 5.41) is 4.01. The second kappa shape index (κ2) is 10.5. The summed E-state index contributed by atoms with van der Waals surface area (Å²) in [6.07, 6.45) is 3.64. The molecule has 3 unspecified atom stereocenters. The van der Waals surface area contributed by atoms with Crippen LogP contribution in [0.25, 0.3) is 0 Å². The highest BCUT2D eigenvalue weighted by Gasteiger charge is 2.28. The Hall–Kier alpha value is -1.30. The predicted octanol–water partition coefficient (Wildman–Crippen LogP) is 3.28. The van der Waals surface area contributed by atoms with Gasteiger partial charge in [-0.3, -0.25) is 14.6 Å². The van der Waals surface area contributed by atoms with Crippen LogP contribution in [0.3, 0.4) is 0 Å². The van der Waals surface area contributed by atoms with E-state index >= 15 is 0 Å². The minimum absolute atomic E-state index is 0.186. The van der Waals surface area contributed by atoms with Crippen molar-refractivity contribution in [3.8, 4) is 5.75 Å². The van der Waals surface area contributed by atoms with E-state index in [2.05, 4.69) is 29.0 Å². The lowest BCUT2D eigenvalue weighted by Crippen LogP contribution is -2.52. The first-order valence-corrected chi connectivity index (χ1v) is 11.0. The van der Waals surface area contributed by atoms with E-state index in [1.165, 1.54) is 12.8 Å². The molecule has 1 aromatic rings. The number of ether oxygens (including phenoxy) is 1. The molecule has 1 saturated carbocycles. The van der Waals surface area contributed by atoms with Gasteiger partial charge in [-0.15, -0.1) is 0 Å². The molecule has 5 nitrogen and oxygen atoms in total. The quantitative estimate of drug-likeness (QED) is 0.753. The fourth-order valence-electron chi connectivity index (χ4n) is 4.24. The average Bonchev–Trinajstić information content (AvgIpc) is 2.68. The van der Waals surface area contributed by atoms with Crippen LogP contribution in [-0.4, -0.2) is 67.6 Å². The zero-order valence-corrected chi connectivity index (χ0v) is 18.0. The van der Waals surface area contributed by atoms with E-state index < -0.39 is 0 Å². The summed E-state index contributed by atoms with van der Waals surface area (Å²) in [4.78, 5) is 17.1. The number of benzene rings is 1. The van der Waals surface area contributed by atoms with Gasteiger partial charge in [-0.25, -0.2) is 0 Å². The maximum absolute atomic E-state index is 12.5. The molecule has 3 atom stereocenters. The van der Waals surface area contributed by atoms with Crippen molar-refractivity contribution in [3.05, 3.63) is 29.3 Å². The van der Waals surface area contributed by atoms with E-state index in [1.807, 2.05) is 24.3 Å². The minimum atomic E-state index is 0.186. The summed E-state index contributed by atoms with van der Waals surface area (Å²) in [7, 11) is 0. The van der Waals surface area contributed by atoms with Crippen molar-refractivity contribution in [2.75, 3.05) is 45.9 Å². The molecule has 0 radical (unpaired) electrons. The molecule has 0 bridgehead atoms. The second-order valence-corrected chi connectivity index (χ2v) is 8.80. The molecule has 1 aliphatic carbocycles. The van der Waals surface area contributed by atoms with Gasteiger partial charge in [0.2, 0.25) is 5.91 Å². The lowest BCUT2D eigenvalue weighted by Gasteiger charge is -2.36. The Bertz CT molecular complexity index is 617. The number of carbonyl (C=O) groups is 1. The first kappa shape index (κ1) is 21.4. The Kier molecular flexibility index (Phi) is 8.00. The number of hydrogen-bond donors (Lipinski definition) is 1. The lowest BCUT2D eigenvalue weighted by molar-refractivity contribution is -0.124. The van der Waals surface area contributed by atoms with Crippen molar-refractivity contribution < 1.29 is 9.53 Å². The molecular formula is C22H34ClN3O2. The number of nitrogens with one attached hydrogen (secondary N) is 1. The van der Waals surface area contributed by atoms with Gasteiger partial charge in [0.05, 0.1) is 6.54 Å². The van der Waals surface area contributed by atoms with Crippen molar-refractivity contribution in [1.82, 2.24) is 15.1 Å². The minimum Gasteiger partial charge on any atom is -0.492 e. The van der Waals surface area contributed by atoms with E-state index in [0.717, 1.165) is 49.9 Å². The Balaban J connectivity index is 1.31. The largest absolute Gasteiger partial charge is 0.492 e. The molecule has 3 rings (SSSR count). The van der Waals surface area contributed by atoms with E-state index in [9.17, 15) is 4.79 Å². The Morgan fingerprint density at radius 1 is 1.11 bits per heavy atom. The van der Waals surface area contributed by atoms with E-state index in [4.69, 9.17) is 16.3 Å². The van der Waals surface area contributed by atoms with Crippen LogP contribution in [0.2, 0.25) is 5.02 Å². The molecule has 2 fully saturated rings. The standard InChI is InChI=1S/C22H34ClN3O2/c1-17-4-3-5-21(18(17)2)24-22(27)16-26-12-10-25(11-13-26)14-15-28-20-8-6-19(23)7-9-20/h6-9,17-18,21H,3-5,10-16H2,1-2H3,(H,24,27). The van der Waals surface area contributed by atoms with Gasteiger partial charge >= 0.3 is 0 Å². The van der Waals surface area contributed by atoms with Crippen LogP contribution < -0.4 is 10.1 Å². The first-order chi connectivity index (χ1) is 13.5. The lowest BCUT2D eigenvalue weighted by atomic mass is 9.78. The fourth-order valence-corrected chi connectivity index (χ4v) is 4.36. The van der Waals surface area contributed by atoms with Crippen LogP contribution in [0.15, 0.2) is 24.3 Å². The molecule has 28 heavy (non-hydrogen) atoms. The van der Waals surface area contributed by atoms with Crippen LogP contribution in [0.1, 0.15) is 33.1 Å². The molecule has 156 valence electrons. The highest BCUT2D eigenvalue weighted by Crippen LogP contribution is 2.29. The Morgan fingerprint density at radius 2 is 1.79 bits per heavy atom. The zero-order valence-electron chi connectivity index (χ0n) is 17.2. The van der Waals surface area contributed by atoms with E-state index in [-0.39, 0.29) is 5.91 Å². The van der Waals surface area contributed by atoms with Crippen molar-refractivity contribution in [3.63, 3.8) is 0 Å². The number of carbonyl (C=O) groups excluding carboxylic acids is 1. The molecule has 1 aliphatic heterocycles.